The van der Waals surface area contributed by atoms with E-state index in [1.807, 2.05) is 0 Å². The van der Waals surface area contributed by atoms with E-state index in [0.29, 0.717) is 11.0 Å². The van der Waals surface area contributed by atoms with Crippen molar-refractivity contribution in [1.82, 2.24) is 25.8 Å². The molecule has 1 aromatic heterocycles. The lowest BCUT2D eigenvalue weighted by Crippen LogP contribution is -2.62. The molecule has 4 bridgehead atoms. The Balaban J connectivity index is 1.32. The van der Waals surface area contributed by atoms with Gasteiger partial charge in [-0.25, -0.2) is 9.78 Å². The van der Waals surface area contributed by atoms with Crippen LogP contribution in [0.5, 0.6) is 0 Å². The zero-order valence-corrected chi connectivity index (χ0v) is 15.5. The molecule has 3 amide bonds. The van der Waals surface area contributed by atoms with Gasteiger partial charge in [0.2, 0.25) is 11.1 Å². The van der Waals surface area contributed by atoms with E-state index >= 15 is 0 Å². The number of nitrogens with zero attached hydrogens (tertiary/aromatic N) is 2. The van der Waals surface area contributed by atoms with Crippen LogP contribution in [0.15, 0.2) is 5.16 Å². The van der Waals surface area contributed by atoms with Gasteiger partial charge in [-0.2, -0.15) is 0 Å². The first-order chi connectivity index (χ1) is 11.9. The molecule has 4 aliphatic rings. The second kappa shape index (κ2) is 6.30. The third-order valence-corrected chi connectivity index (χ3v) is 6.84. The van der Waals surface area contributed by atoms with Crippen molar-refractivity contribution in [1.29, 1.82) is 0 Å². The molecule has 0 radical (unpaired) electrons. The SMILES string of the molecule is Cc1nc(SC(C)C(=O)NC(=O)NC23CC4CC(CC(C4)C2)C3)n[nH]1. The third kappa shape index (κ3) is 3.54. The highest BCUT2D eigenvalue weighted by molar-refractivity contribution is 8.00. The quantitative estimate of drug-likeness (QED) is 0.713. The van der Waals surface area contributed by atoms with Crippen LogP contribution in [0, 0.1) is 24.7 Å². The molecule has 136 valence electrons. The van der Waals surface area contributed by atoms with Crippen molar-refractivity contribution in [2.24, 2.45) is 17.8 Å². The molecule has 1 unspecified atom stereocenters. The van der Waals surface area contributed by atoms with Crippen LogP contribution in [0.2, 0.25) is 0 Å². The van der Waals surface area contributed by atoms with Gasteiger partial charge in [-0.15, -0.1) is 5.10 Å². The summed E-state index contributed by atoms with van der Waals surface area (Å²) in [5.41, 5.74) is -0.0869. The molecule has 0 saturated heterocycles. The minimum Gasteiger partial charge on any atom is -0.332 e. The van der Waals surface area contributed by atoms with Crippen molar-refractivity contribution >= 4 is 23.7 Å². The van der Waals surface area contributed by atoms with Gasteiger partial charge in [-0.1, -0.05) is 11.8 Å². The van der Waals surface area contributed by atoms with Gasteiger partial charge in [-0.3, -0.25) is 15.2 Å². The van der Waals surface area contributed by atoms with E-state index in [4.69, 9.17) is 0 Å². The number of nitrogens with one attached hydrogen (secondary N) is 3. The molecule has 7 nitrogen and oxygen atoms in total. The normalized spacial score (nSPS) is 33.9. The van der Waals surface area contributed by atoms with Crippen LogP contribution in [0.25, 0.3) is 0 Å². The van der Waals surface area contributed by atoms with E-state index in [0.717, 1.165) is 37.0 Å². The molecule has 25 heavy (non-hydrogen) atoms. The Hall–Kier alpha value is -1.57. The van der Waals surface area contributed by atoms with Gasteiger partial charge >= 0.3 is 6.03 Å². The Morgan fingerprint density at radius 2 is 1.80 bits per heavy atom. The van der Waals surface area contributed by atoms with Crippen LogP contribution in [-0.2, 0) is 4.79 Å². The van der Waals surface area contributed by atoms with Crippen molar-refractivity contribution in [3.63, 3.8) is 0 Å². The number of urea groups is 1. The Morgan fingerprint density at radius 1 is 1.20 bits per heavy atom. The maximum absolute atomic E-state index is 12.4. The maximum Gasteiger partial charge on any atom is 0.321 e. The predicted octanol–water partition coefficient (Wildman–Crippen LogP) is 2.39. The number of imide groups is 1. The van der Waals surface area contributed by atoms with Crippen molar-refractivity contribution in [3.05, 3.63) is 5.82 Å². The summed E-state index contributed by atoms with van der Waals surface area (Å²) in [7, 11) is 0. The number of H-pyrrole nitrogens is 1. The molecule has 1 aromatic rings. The molecule has 4 aliphatic carbocycles. The smallest absolute Gasteiger partial charge is 0.321 e. The molecule has 4 fully saturated rings. The lowest BCUT2D eigenvalue weighted by Gasteiger charge is -2.56. The van der Waals surface area contributed by atoms with Crippen molar-refractivity contribution < 1.29 is 9.59 Å². The number of rotatable bonds is 4. The fourth-order valence-corrected chi connectivity index (χ4v) is 6.11. The van der Waals surface area contributed by atoms with E-state index in [1.54, 1.807) is 13.8 Å². The minimum absolute atomic E-state index is 0.0869. The highest BCUT2D eigenvalue weighted by Gasteiger charge is 2.51. The fraction of sp³-hybridized carbons (Fsp3) is 0.765. The van der Waals surface area contributed by atoms with Crippen LogP contribution in [-0.4, -0.2) is 37.9 Å². The van der Waals surface area contributed by atoms with Crippen LogP contribution >= 0.6 is 11.8 Å². The maximum atomic E-state index is 12.4. The first kappa shape index (κ1) is 16.9. The van der Waals surface area contributed by atoms with Crippen molar-refractivity contribution in [2.45, 2.75) is 68.3 Å². The second-order valence-electron chi connectivity index (χ2n) is 8.10. The van der Waals surface area contributed by atoms with Gasteiger partial charge < -0.3 is 5.32 Å². The molecule has 5 rings (SSSR count). The molecular weight excluding hydrogens is 338 g/mol. The van der Waals surface area contributed by atoms with Gasteiger partial charge in [0.05, 0.1) is 5.25 Å². The number of hydrogen-bond donors (Lipinski definition) is 3. The Morgan fingerprint density at radius 3 is 2.32 bits per heavy atom. The monoisotopic (exact) mass is 363 g/mol. The largest absolute Gasteiger partial charge is 0.332 e. The number of aryl methyl sites for hydroxylation is 1. The number of aromatic nitrogens is 3. The van der Waals surface area contributed by atoms with Crippen LogP contribution in [0.1, 0.15) is 51.3 Å². The van der Waals surface area contributed by atoms with Crippen molar-refractivity contribution in [2.75, 3.05) is 0 Å². The average molecular weight is 363 g/mol. The van der Waals surface area contributed by atoms with Crippen LogP contribution in [0.3, 0.4) is 0 Å². The lowest BCUT2D eigenvalue weighted by atomic mass is 9.53. The molecule has 1 atom stereocenters. The summed E-state index contributed by atoms with van der Waals surface area (Å²) in [5.74, 6) is 2.66. The first-order valence-corrected chi connectivity index (χ1v) is 9.97. The Kier molecular flexibility index (Phi) is 4.25. The zero-order chi connectivity index (χ0) is 17.6. The van der Waals surface area contributed by atoms with E-state index < -0.39 is 5.25 Å². The summed E-state index contributed by atoms with van der Waals surface area (Å²) >= 11 is 1.24. The topological polar surface area (TPSA) is 99.8 Å². The summed E-state index contributed by atoms with van der Waals surface area (Å²) in [6.45, 7) is 3.56. The highest BCUT2D eigenvalue weighted by Crippen LogP contribution is 2.55. The fourth-order valence-electron chi connectivity index (χ4n) is 5.34. The average Bonchev–Trinajstić information content (AvgIpc) is 2.90. The van der Waals surface area contributed by atoms with Crippen molar-refractivity contribution in [3.8, 4) is 0 Å². The number of amides is 3. The molecule has 0 aliphatic heterocycles. The number of carbonyl (C=O) groups is 2. The molecule has 8 heteroatoms. The number of carbonyl (C=O) groups excluding carboxylic acids is 2. The predicted molar refractivity (Wildman–Crippen MR) is 94.0 cm³/mol. The third-order valence-electron chi connectivity index (χ3n) is 5.88. The highest BCUT2D eigenvalue weighted by atomic mass is 32.2. The van der Waals surface area contributed by atoms with E-state index in [9.17, 15) is 9.59 Å². The summed E-state index contributed by atoms with van der Waals surface area (Å²) < 4.78 is 0. The number of thioether (sulfide) groups is 1. The van der Waals surface area contributed by atoms with E-state index in [2.05, 4.69) is 25.8 Å². The van der Waals surface area contributed by atoms with Gasteiger partial charge in [0.15, 0.2) is 0 Å². The van der Waals surface area contributed by atoms with Gasteiger partial charge in [0, 0.05) is 5.54 Å². The number of hydrogen-bond acceptors (Lipinski definition) is 5. The zero-order valence-electron chi connectivity index (χ0n) is 14.7. The Labute approximate surface area is 151 Å². The molecule has 3 N–H and O–H groups in total. The van der Waals surface area contributed by atoms with Gasteiger partial charge in [-0.05, 0) is 70.1 Å². The molecule has 0 aromatic carbocycles. The molecule has 4 saturated carbocycles. The van der Waals surface area contributed by atoms with Gasteiger partial charge in [0.25, 0.3) is 0 Å². The van der Waals surface area contributed by atoms with Gasteiger partial charge in [0.1, 0.15) is 5.82 Å². The summed E-state index contributed by atoms with van der Waals surface area (Å²) in [6, 6.07) is -0.356. The minimum atomic E-state index is -0.433. The van der Waals surface area contributed by atoms with Crippen LogP contribution < -0.4 is 10.6 Å². The summed E-state index contributed by atoms with van der Waals surface area (Å²) in [5, 5.41) is 12.5. The van der Waals surface area contributed by atoms with Crippen LogP contribution in [0.4, 0.5) is 4.79 Å². The van der Waals surface area contributed by atoms with E-state index in [-0.39, 0.29) is 17.5 Å². The lowest BCUT2D eigenvalue weighted by molar-refractivity contribution is -0.119. The van der Waals surface area contributed by atoms with E-state index in [1.165, 1.54) is 31.0 Å². The molecule has 1 heterocycles. The standard InChI is InChI=1S/C17H25N5O2S/c1-9(25-16-18-10(2)21-22-16)14(23)19-15(24)20-17-6-11-3-12(7-17)5-13(4-11)8-17/h9,11-13H,3-8H2,1-2H3,(H,18,21,22)(H2,19,20,23,24). The molecular formula is C17H25N5O2S. The second-order valence-corrected chi connectivity index (χ2v) is 9.41. The summed E-state index contributed by atoms with van der Waals surface area (Å²) in [4.78, 5) is 28.9. The first-order valence-electron chi connectivity index (χ1n) is 9.09. The molecule has 0 spiro atoms. The summed E-state index contributed by atoms with van der Waals surface area (Å²) in [6.07, 6.45) is 7.19. The number of aromatic amines is 1. The Bertz CT molecular complexity index is 653.